The van der Waals surface area contributed by atoms with Crippen molar-refractivity contribution in [1.29, 1.82) is 0 Å². The van der Waals surface area contributed by atoms with Crippen molar-refractivity contribution < 1.29 is 22.7 Å². The molecule has 0 unspecified atom stereocenters. The highest BCUT2D eigenvalue weighted by atomic mass is 32.2. The summed E-state index contributed by atoms with van der Waals surface area (Å²) in [7, 11) is -3.43. The van der Waals surface area contributed by atoms with E-state index < -0.39 is 10.0 Å². The summed E-state index contributed by atoms with van der Waals surface area (Å²) in [6.45, 7) is 5.51. The Morgan fingerprint density at radius 3 is 2.09 bits per heavy atom. The smallest absolute Gasteiger partial charge is 0.262 e. The van der Waals surface area contributed by atoms with E-state index >= 15 is 0 Å². The van der Waals surface area contributed by atoms with Crippen LogP contribution in [-0.2, 0) is 20.6 Å². The molecule has 0 bridgehead atoms. The fourth-order valence-corrected chi connectivity index (χ4v) is 3.94. The van der Waals surface area contributed by atoms with Crippen molar-refractivity contribution in [1.82, 2.24) is 4.72 Å². The number of amides is 1. The van der Waals surface area contributed by atoms with Crippen LogP contribution >= 0.6 is 0 Å². The highest BCUT2D eigenvalue weighted by Crippen LogP contribution is 2.24. The van der Waals surface area contributed by atoms with Gasteiger partial charge in [0.15, 0.2) is 6.61 Å². The summed E-state index contributed by atoms with van der Waals surface area (Å²) in [5, 5.41) is 2.72. The van der Waals surface area contributed by atoms with Crippen LogP contribution in [0.25, 0.3) is 0 Å². The lowest BCUT2D eigenvalue weighted by Crippen LogP contribution is -2.25. The van der Waals surface area contributed by atoms with Crippen molar-refractivity contribution >= 4 is 21.6 Å². The number of rotatable bonds is 11. The molecule has 7 nitrogen and oxygen atoms in total. The molecule has 0 spiro atoms. The highest BCUT2D eigenvalue weighted by molar-refractivity contribution is 7.88. The van der Waals surface area contributed by atoms with E-state index in [1.807, 2.05) is 31.2 Å². The lowest BCUT2D eigenvalue weighted by molar-refractivity contribution is -0.118. The van der Waals surface area contributed by atoms with Crippen molar-refractivity contribution in [2.45, 2.75) is 12.7 Å². The predicted octanol–water partition coefficient (Wildman–Crippen LogP) is 4.41. The molecular weight excluding hydrogens is 440 g/mol. The predicted molar refractivity (Wildman–Crippen MR) is 129 cm³/mol. The maximum absolute atomic E-state index is 12.2. The average Bonchev–Trinajstić information content (AvgIpc) is 2.80. The third-order valence-electron chi connectivity index (χ3n) is 4.49. The zero-order chi connectivity index (χ0) is 23.7. The fraction of sp³-hybridized carbons (Fsp3) is 0.160. The summed E-state index contributed by atoms with van der Waals surface area (Å²) in [5.41, 5.74) is 2.31. The van der Waals surface area contributed by atoms with Crippen molar-refractivity contribution in [3.63, 3.8) is 0 Å². The maximum Gasteiger partial charge on any atom is 0.262 e. The Kier molecular flexibility index (Phi) is 8.23. The molecule has 172 valence electrons. The summed E-state index contributed by atoms with van der Waals surface area (Å²) in [5.74, 6) is 1.46. The van der Waals surface area contributed by atoms with E-state index in [9.17, 15) is 13.2 Å². The molecule has 0 aliphatic rings. The number of aryl methyl sites for hydroxylation is 1. The second-order valence-corrected chi connectivity index (χ2v) is 9.12. The molecule has 0 atom stereocenters. The second kappa shape index (κ2) is 11.3. The molecule has 0 saturated heterocycles. The number of carbonyl (C=O) groups is 1. The number of hydrogen-bond donors (Lipinski definition) is 2. The molecule has 33 heavy (non-hydrogen) atoms. The molecule has 0 aliphatic heterocycles. The van der Waals surface area contributed by atoms with E-state index in [0.29, 0.717) is 22.7 Å². The SMILES string of the molecule is C=CCNS(=O)(=O)Cc1ccc(NC(=O)COc2ccc(Oc3ccc(C)cc3)cc2)cc1. The van der Waals surface area contributed by atoms with Crippen LogP contribution in [0.4, 0.5) is 5.69 Å². The van der Waals surface area contributed by atoms with Gasteiger partial charge in [-0.3, -0.25) is 4.79 Å². The molecule has 0 aliphatic carbocycles. The second-order valence-electron chi connectivity index (χ2n) is 7.32. The molecular formula is C25H26N2O5S. The van der Waals surface area contributed by atoms with Crippen molar-refractivity contribution in [3.8, 4) is 17.2 Å². The largest absolute Gasteiger partial charge is 0.484 e. The minimum absolute atomic E-state index is 0.151. The molecule has 3 aromatic rings. The third kappa shape index (κ3) is 8.10. The van der Waals surface area contributed by atoms with Gasteiger partial charge in [-0.05, 0) is 61.0 Å². The first-order chi connectivity index (χ1) is 15.8. The molecule has 2 N–H and O–H groups in total. The van der Waals surface area contributed by atoms with E-state index in [2.05, 4.69) is 16.6 Å². The Hall–Kier alpha value is -3.62. The molecule has 1 amide bonds. The van der Waals surface area contributed by atoms with Gasteiger partial charge >= 0.3 is 0 Å². The normalized spacial score (nSPS) is 10.9. The average molecular weight is 467 g/mol. The van der Waals surface area contributed by atoms with Gasteiger partial charge in [0.1, 0.15) is 17.2 Å². The van der Waals surface area contributed by atoms with E-state index in [4.69, 9.17) is 9.47 Å². The van der Waals surface area contributed by atoms with E-state index in [1.165, 1.54) is 6.08 Å². The summed E-state index contributed by atoms with van der Waals surface area (Å²) in [4.78, 5) is 12.2. The van der Waals surface area contributed by atoms with Crippen molar-refractivity contribution in [3.05, 3.63) is 96.6 Å². The number of sulfonamides is 1. The molecule has 0 fully saturated rings. The Labute approximate surface area is 194 Å². The van der Waals surface area contributed by atoms with E-state index in [1.54, 1.807) is 48.5 Å². The standard InChI is InChI=1S/C25H26N2O5S/c1-3-16-26-33(29,30)18-20-6-8-21(9-7-20)27-25(28)17-31-22-12-14-24(15-13-22)32-23-10-4-19(2)5-11-23/h3-15,26H,1,16-18H2,2H3,(H,27,28). The number of hydrogen-bond acceptors (Lipinski definition) is 5. The summed E-state index contributed by atoms with van der Waals surface area (Å²) in [6.07, 6.45) is 1.48. The summed E-state index contributed by atoms with van der Waals surface area (Å²) in [6, 6.07) is 21.3. The molecule has 0 heterocycles. The van der Waals surface area contributed by atoms with Crippen LogP contribution < -0.4 is 19.5 Å². The number of benzene rings is 3. The maximum atomic E-state index is 12.2. The van der Waals surface area contributed by atoms with Crippen molar-refractivity contribution in [2.24, 2.45) is 0 Å². The zero-order valence-corrected chi connectivity index (χ0v) is 19.1. The lowest BCUT2D eigenvalue weighted by Gasteiger charge is -2.10. The number of anilines is 1. The van der Waals surface area contributed by atoms with Gasteiger partial charge in [-0.15, -0.1) is 6.58 Å². The van der Waals surface area contributed by atoms with Gasteiger partial charge in [-0.2, -0.15) is 0 Å². The first-order valence-corrected chi connectivity index (χ1v) is 11.9. The Bertz CT molecular complexity index is 1170. The van der Waals surface area contributed by atoms with E-state index in [0.717, 1.165) is 11.3 Å². The van der Waals surface area contributed by atoms with Crippen LogP contribution in [0.1, 0.15) is 11.1 Å². The third-order valence-corrected chi connectivity index (χ3v) is 5.81. The minimum atomic E-state index is -3.43. The number of ether oxygens (including phenoxy) is 2. The van der Waals surface area contributed by atoms with Gasteiger partial charge in [-0.1, -0.05) is 35.9 Å². The Balaban J connectivity index is 1.46. The van der Waals surface area contributed by atoms with Crippen LogP contribution in [-0.4, -0.2) is 27.5 Å². The van der Waals surface area contributed by atoms with Crippen LogP contribution in [0.2, 0.25) is 0 Å². The monoisotopic (exact) mass is 466 g/mol. The first-order valence-electron chi connectivity index (χ1n) is 10.3. The highest BCUT2D eigenvalue weighted by Gasteiger charge is 2.10. The van der Waals surface area contributed by atoms with Gasteiger partial charge in [-0.25, -0.2) is 13.1 Å². The lowest BCUT2D eigenvalue weighted by atomic mass is 10.2. The molecule has 0 radical (unpaired) electrons. The topological polar surface area (TPSA) is 93.7 Å². The number of carbonyl (C=O) groups excluding carboxylic acids is 1. The molecule has 0 saturated carbocycles. The quantitative estimate of drug-likeness (QED) is 0.408. The van der Waals surface area contributed by atoms with Crippen molar-refractivity contribution in [2.75, 3.05) is 18.5 Å². The van der Waals surface area contributed by atoms with Crippen LogP contribution in [0.3, 0.4) is 0 Å². The van der Waals surface area contributed by atoms with E-state index in [-0.39, 0.29) is 24.8 Å². The van der Waals surface area contributed by atoms with Gasteiger partial charge < -0.3 is 14.8 Å². The van der Waals surface area contributed by atoms with Crippen LogP contribution in [0.5, 0.6) is 17.2 Å². The van der Waals surface area contributed by atoms with Crippen LogP contribution in [0, 0.1) is 6.92 Å². The van der Waals surface area contributed by atoms with Gasteiger partial charge in [0.2, 0.25) is 10.0 Å². The van der Waals surface area contributed by atoms with Gasteiger partial charge in [0.05, 0.1) is 5.75 Å². The first kappa shape index (κ1) is 24.0. The number of nitrogens with one attached hydrogen (secondary N) is 2. The fourth-order valence-electron chi connectivity index (χ4n) is 2.83. The zero-order valence-electron chi connectivity index (χ0n) is 18.3. The molecule has 3 rings (SSSR count). The minimum Gasteiger partial charge on any atom is -0.484 e. The van der Waals surface area contributed by atoms with Gasteiger partial charge in [0.25, 0.3) is 5.91 Å². The van der Waals surface area contributed by atoms with Crippen LogP contribution in [0.15, 0.2) is 85.5 Å². The summed E-state index contributed by atoms with van der Waals surface area (Å²) < 4.78 is 37.5. The molecule has 8 heteroatoms. The molecule has 0 aromatic heterocycles. The Morgan fingerprint density at radius 2 is 1.48 bits per heavy atom. The summed E-state index contributed by atoms with van der Waals surface area (Å²) >= 11 is 0. The van der Waals surface area contributed by atoms with Gasteiger partial charge in [0, 0.05) is 12.2 Å². The molecule has 3 aromatic carbocycles. The Morgan fingerprint density at radius 1 is 0.909 bits per heavy atom.